The van der Waals surface area contributed by atoms with Gasteiger partial charge in [0.05, 0.1) is 18.5 Å². The average Bonchev–Trinajstić information content (AvgIpc) is 3.14. The third-order valence-corrected chi connectivity index (χ3v) is 5.28. The molecule has 0 radical (unpaired) electrons. The number of hydrogen-bond acceptors (Lipinski definition) is 5. The highest BCUT2D eigenvalue weighted by Gasteiger charge is 2.19. The van der Waals surface area contributed by atoms with Crippen LogP contribution in [0.4, 0.5) is 5.69 Å². The van der Waals surface area contributed by atoms with E-state index in [0.29, 0.717) is 34.8 Å². The highest BCUT2D eigenvalue weighted by atomic mass is 16.5. The quantitative estimate of drug-likeness (QED) is 0.484. The molecule has 2 aromatic carbocycles. The number of hydrogen-bond donors (Lipinski definition) is 1. The van der Waals surface area contributed by atoms with Crippen molar-refractivity contribution in [1.29, 1.82) is 0 Å². The van der Waals surface area contributed by atoms with Crippen LogP contribution in [-0.4, -0.2) is 32.3 Å². The van der Waals surface area contributed by atoms with Crippen molar-refractivity contribution in [2.75, 3.05) is 12.4 Å². The Kier molecular flexibility index (Phi) is 6.02. The van der Waals surface area contributed by atoms with Crippen LogP contribution in [0, 0.1) is 6.92 Å². The molecule has 8 nitrogen and oxygen atoms in total. The highest BCUT2D eigenvalue weighted by Crippen LogP contribution is 2.20. The van der Waals surface area contributed by atoms with Crippen LogP contribution in [0.2, 0.25) is 0 Å². The molecule has 0 saturated heterocycles. The van der Waals surface area contributed by atoms with Crippen LogP contribution in [0.3, 0.4) is 0 Å². The van der Waals surface area contributed by atoms with Gasteiger partial charge in [0.25, 0.3) is 5.56 Å². The number of rotatable bonds is 7. The number of nitrogens with zero attached hydrogens (tertiary/aromatic N) is 4. The van der Waals surface area contributed by atoms with E-state index in [4.69, 9.17) is 4.74 Å². The maximum Gasteiger partial charge on any atom is 0.273 e. The van der Waals surface area contributed by atoms with Gasteiger partial charge in [-0.1, -0.05) is 18.2 Å². The van der Waals surface area contributed by atoms with Gasteiger partial charge < -0.3 is 10.1 Å². The minimum atomic E-state index is -0.200. The van der Waals surface area contributed by atoms with Gasteiger partial charge in [0.1, 0.15) is 17.0 Å². The summed E-state index contributed by atoms with van der Waals surface area (Å²) in [5.74, 6) is 0.531. The van der Waals surface area contributed by atoms with Crippen LogP contribution in [0.25, 0.3) is 16.9 Å². The lowest BCUT2D eigenvalue weighted by Gasteiger charge is -2.11. The second-order valence-corrected chi connectivity index (χ2v) is 7.39. The van der Waals surface area contributed by atoms with Crippen LogP contribution >= 0.6 is 0 Å². The number of carbonyl (C=O) groups excluding carboxylic acids is 1. The molecule has 0 bridgehead atoms. The minimum absolute atomic E-state index is 0.148. The molecular weight excluding hydrogens is 406 g/mol. The molecular formula is C24H25N5O3. The molecule has 1 N–H and O–H groups in total. The number of amides is 1. The zero-order chi connectivity index (χ0) is 22.7. The number of anilines is 1. The maximum atomic E-state index is 13.2. The number of aromatic nitrogens is 4. The molecule has 0 aliphatic heterocycles. The van der Waals surface area contributed by atoms with Crippen LogP contribution in [0.1, 0.15) is 24.7 Å². The van der Waals surface area contributed by atoms with E-state index in [1.54, 1.807) is 40.6 Å². The molecule has 4 rings (SSSR count). The Morgan fingerprint density at radius 2 is 1.81 bits per heavy atom. The van der Waals surface area contributed by atoms with Crippen molar-refractivity contribution in [3.05, 3.63) is 76.3 Å². The van der Waals surface area contributed by atoms with E-state index in [9.17, 15) is 9.59 Å². The van der Waals surface area contributed by atoms with Crippen molar-refractivity contribution in [1.82, 2.24) is 19.3 Å². The first-order chi connectivity index (χ1) is 15.5. The number of para-hydroxylation sites is 1. The Morgan fingerprint density at radius 3 is 2.47 bits per heavy atom. The lowest BCUT2D eigenvalue weighted by atomic mass is 10.2. The molecule has 4 aromatic rings. The molecule has 0 atom stereocenters. The standard InChI is InChI=1S/C24H25N5O3/c1-4-28-23-22(16(2)27-29(23)18-8-6-5-7-9-18)26-20(24(28)31)14-15-21(30)25-17-10-12-19(32-3)13-11-17/h5-13H,4,14-15H2,1-3H3,(H,25,30). The zero-order valence-corrected chi connectivity index (χ0v) is 18.3. The number of carbonyl (C=O) groups is 1. The summed E-state index contributed by atoms with van der Waals surface area (Å²) in [5.41, 5.74) is 3.75. The number of nitrogens with one attached hydrogen (secondary N) is 1. The molecule has 0 fully saturated rings. The normalized spacial score (nSPS) is 11.0. The fourth-order valence-corrected chi connectivity index (χ4v) is 3.65. The predicted octanol–water partition coefficient (Wildman–Crippen LogP) is 3.49. The first kappa shape index (κ1) is 21.3. The number of aryl methyl sites for hydroxylation is 3. The largest absolute Gasteiger partial charge is 0.497 e. The van der Waals surface area contributed by atoms with Gasteiger partial charge in [-0.25, -0.2) is 9.67 Å². The first-order valence-electron chi connectivity index (χ1n) is 10.5. The summed E-state index contributed by atoms with van der Waals surface area (Å²) in [6.45, 7) is 4.26. The van der Waals surface area contributed by atoms with E-state index < -0.39 is 0 Å². The van der Waals surface area contributed by atoms with Crippen molar-refractivity contribution < 1.29 is 9.53 Å². The minimum Gasteiger partial charge on any atom is -0.497 e. The van der Waals surface area contributed by atoms with Gasteiger partial charge in [0.2, 0.25) is 5.91 Å². The first-order valence-corrected chi connectivity index (χ1v) is 10.5. The van der Waals surface area contributed by atoms with E-state index in [0.717, 1.165) is 11.4 Å². The van der Waals surface area contributed by atoms with Gasteiger partial charge in [-0.3, -0.25) is 14.2 Å². The van der Waals surface area contributed by atoms with E-state index in [-0.39, 0.29) is 24.3 Å². The summed E-state index contributed by atoms with van der Waals surface area (Å²) in [7, 11) is 1.59. The van der Waals surface area contributed by atoms with Gasteiger partial charge in [-0.05, 0) is 50.2 Å². The summed E-state index contributed by atoms with van der Waals surface area (Å²) in [5, 5.41) is 7.46. The maximum absolute atomic E-state index is 13.2. The van der Waals surface area contributed by atoms with Crippen LogP contribution in [0.5, 0.6) is 5.75 Å². The van der Waals surface area contributed by atoms with E-state index in [1.165, 1.54) is 0 Å². The summed E-state index contributed by atoms with van der Waals surface area (Å²) in [6, 6.07) is 16.8. The van der Waals surface area contributed by atoms with E-state index >= 15 is 0 Å². The Hall–Kier alpha value is -3.94. The molecule has 164 valence electrons. The SMILES string of the molecule is CCn1c(=O)c(CCC(=O)Nc2ccc(OC)cc2)nc2c(C)nn(-c3ccccc3)c21. The average molecular weight is 431 g/mol. The van der Waals surface area contributed by atoms with Crippen molar-refractivity contribution in [3.8, 4) is 11.4 Å². The Labute approximate surface area is 185 Å². The van der Waals surface area contributed by atoms with Crippen LogP contribution in [-0.2, 0) is 17.8 Å². The molecule has 0 spiro atoms. The van der Waals surface area contributed by atoms with Gasteiger partial charge in [0.15, 0.2) is 5.65 Å². The van der Waals surface area contributed by atoms with Gasteiger partial charge >= 0.3 is 0 Å². The molecule has 0 aliphatic carbocycles. The molecule has 1 amide bonds. The Balaban J connectivity index is 1.61. The molecule has 2 heterocycles. The van der Waals surface area contributed by atoms with E-state index in [1.807, 2.05) is 44.2 Å². The molecule has 2 aromatic heterocycles. The highest BCUT2D eigenvalue weighted by molar-refractivity contribution is 5.90. The number of benzene rings is 2. The van der Waals surface area contributed by atoms with Crippen molar-refractivity contribution in [3.63, 3.8) is 0 Å². The third-order valence-electron chi connectivity index (χ3n) is 5.28. The topological polar surface area (TPSA) is 91.0 Å². The molecule has 32 heavy (non-hydrogen) atoms. The van der Waals surface area contributed by atoms with Crippen molar-refractivity contribution in [2.24, 2.45) is 0 Å². The number of ether oxygens (including phenoxy) is 1. The number of methoxy groups -OCH3 is 1. The summed E-state index contributed by atoms with van der Waals surface area (Å²) < 4.78 is 8.55. The molecule has 0 aliphatic rings. The smallest absolute Gasteiger partial charge is 0.273 e. The monoisotopic (exact) mass is 431 g/mol. The fourth-order valence-electron chi connectivity index (χ4n) is 3.65. The Morgan fingerprint density at radius 1 is 1.09 bits per heavy atom. The molecule has 8 heteroatoms. The lowest BCUT2D eigenvalue weighted by molar-refractivity contribution is -0.116. The fraction of sp³-hybridized carbons (Fsp3) is 0.250. The van der Waals surface area contributed by atoms with Gasteiger partial charge in [-0.2, -0.15) is 5.10 Å². The van der Waals surface area contributed by atoms with Crippen molar-refractivity contribution in [2.45, 2.75) is 33.2 Å². The zero-order valence-electron chi connectivity index (χ0n) is 18.3. The second-order valence-electron chi connectivity index (χ2n) is 7.39. The lowest BCUT2D eigenvalue weighted by Crippen LogP contribution is -2.27. The van der Waals surface area contributed by atoms with Gasteiger partial charge in [0, 0.05) is 25.1 Å². The van der Waals surface area contributed by atoms with Gasteiger partial charge in [-0.15, -0.1) is 0 Å². The number of fused-ring (bicyclic) bond motifs is 1. The predicted molar refractivity (Wildman–Crippen MR) is 123 cm³/mol. The van der Waals surface area contributed by atoms with Crippen LogP contribution < -0.4 is 15.6 Å². The second kappa shape index (κ2) is 9.05. The van der Waals surface area contributed by atoms with Crippen molar-refractivity contribution >= 4 is 22.8 Å². The molecule has 0 unspecified atom stereocenters. The summed E-state index contributed by atoms with van der Waals surface area (Å²) >= 11 is 0. The summed E-state index contributed by atoms with van der Waals surface area (Å²) in [4.78, 5) is 30.2. The van der Waals surface area contributed by atoms with E-state index in [2.05, 4.69) is 15.4 Å². The summed E-state index contributed by atoms with van der Waals surface area (Å²) in [6.07, 6.45) is 0.391. The Bertz CT molecular complexity index is 1310. The third kappa shape index (κ3) is 4.12. The van der Waals surface area contributed by atoms with Crippen LogP contribution in [0.15, 0.2) is 59.4 Å². The molecule has 0 saturated carbocycles.